The number of rotatable bonds is 4. The van der Waals surface area contributed by atoms with Crippen LogP contribution in [0.25, 0.3) is 0 Å². The summed E-state index contributed by atoms with van der Waals surface area (Å²) in [7, 11) is 0. The second-order valence-corrected chi connectivity index (χ2v) is 7.10. The number of hydrogen-bond acceptors (Lipinski definition) is 5. The number of Topliss-reactive ketones (excluding diaryl/α,β-unsaturated/α-hetero) is 1. The summed E-state index contributed by atoms with van der Waals surface area (Å²) in [4.78, 5) is 19.7. The molecule has 0 amide bonds. The molecule has 0 saturated carbocycles. The zero-order valence-corrected chi connectivity index (χ0v) is 15.7. The van der Waals surface area contributed by atoms with E-state index in [1.165, 1.54) is 0 Å². The number of fused-ring (bicyclic) bond motifs is 1. The first-order valence-corrected chi connectivity index (χ1v) is 9.58. The predicted octanol–water partition coefficient (Wildman–Crippen LogP) is 4.73. The maximum absolute atomic E-state index is 12.9. The van der Waals surface area contributed by atoms with Crippen molar-refractivity contribution in [1.29, 1.82) is 0 Å². The van der Waals surface area contributed by atoms with Gasteiger partial charge in [-0.3, -0.25) is 9.79 Å². The van der Waals surface area contributed by atoms with Crippen LogP contribution in [0.1, 0.15) is 36.0 Å². The van der Waals surface area contributed by atoms with Crippen LogP contribution in [0.2, 0.25) is 5.02 Å². The molecule has 0 unspecified atom stereocenters. The number of anilines is 1. The Morgan fingerprint density at radius 3 is 2.70 bits per heavy atom. The van der Waals surface area contributed by atoms with E-state index in [1.807, 2.05) is 23.1 Å². The zero-order valence-electron chi connectivity index (χ0n) is 15.0. The van der Waals surface area contributed by atoms with E-state index >= 15 is 0 Å². The molecule has 0 radical (unpaired) electrons. The van der Waals surface area contributed by atoms with Crippen molar-refractivity contribution in [2.45, 2.75) is 25.7 Å². The molecule has 0 fully saturated rings. The van der Waals surface area contributed by atoms with Crippen molar-refractivity contribution >= 4 is 28.9 Å². The first-order chi connectivity index (χ1) is 13.2. The molecule has 6 heteroatoms. The molecule has 2 aromatic rings. The smallest absolute Gasteiger partial charge is 0.231 e. The second-order valence-electron chi connectivity index (χ2n) is 6.66. The molecule has 5 nitrogen and oxygen atoms in total. The molecular formula is C21H21ClN2O3. The minimum absolute atomic E-state index is 0.0243. The zero-order chi connectivity index (χ0) is 18.6. The average molecular weight is 385 g/mol. The Morgan fingerprint density at radius 1 is 1.04 bits per heavy atom. The lowest BCUT2D eigenvalue weighted by Gasteiger charge is -2.26. The number of ketones is 1. The molecule has 0 aromatic heterocycles. The Kier molecular flexibility index (Phi) is 5.30. The van der Waals surface area contributed by atoms with E-state index in [0.29, 0.717) is 16.3 Å². The van der Waals surface area contributed by atoms with E-state index in [4.69, 9.17) is 26.1 Å². The Labute approximate surface area is 163 Å². The van der Waals surface area contributed by atoms with Crippen LogP contribution in [0.4, 0.5) is 5.69 Å². The lowest BCUT2D eigenvalue weighted by Crippen LogP contribution is -2.36. The van der Waals surface area contributed by atoms with E-state index in [1.54, 1.807) is 24.3 Å². The van der Waals surface area contributed by atoms with Gasteiger partial charge in [0.15, 0.2) is 17.3 Å². The Bertz CT molecular complexity index is 864. The molecule has 140 valence electrons. The van der Waals surface area contributed by atoms with E-state index in [0.717, 1.165) is 49.5 Å². The van der Waals surface area contributed by atoms with Crippen LogP contribution in [0, 0.1) is 0 Å². The number of nitrogens with zero attached hydrogens (tertiary/aromatic N) is 2. The number of carbonyl (C=O) groups excluding carboxylic acids is 1. The van der Waals surface area contributed by atoms with Gasteiger partial charge in [0.05, 0.1) is 6.54 Å². The Hall–Kier alpha value is -2.53. The van der Waals surface area contributed by atoms with Crippen LogP contribution in [-0.2, 0) is 0 Å². The van der Waals surface area contributed by atoms with E-state index in [2.05, 4.69) is 0 Å². The summed E-state index contributed by atoms with van der Waals surface area (Å²) in [6, 6.07) is 12.8. The normalized spacial score (nSPS) is 15.8. The maximum atomic E-state index is 12.9. The van der Waals surface area contributed by atoms with Gasteiger partial charge in [-0.05, 0) is 49.2 Å². The van der Waals surface area contributed by atoms with Crippen LogP contribution in [0.3, 0.4) is 0 Å². The molecule has 2 aliphatic heterocycles. The molecule has 27 heavy (non-hydrogen) atoms. The van der Waals surface area contributed by atoms with Gasteiger partial charge in [-0.2, -0.15) is 0 Å². The number of aliphatic imine (C=N–C) groups is 1. The molecule has 0 bridgehead atoms. The molecular weight excluding hydrogens is 364 g/mol. The fourth-order valence-electron chi connectivity index (χ4n) is 3.33. The van der Waals surface area contributed by atoms with Gasteiger partial charge in [0, 0.05) is 35.3 Å². The highest BCUT2D eigenvalue weighted by atomic mass is 35.5. The predicted molar refractivity (Wildman–Crippen MR) is 106 cm³/mol. The molecule has 2 aromatic carbocycles. The van der Waals surface area contributed by atoms with Crippen molar-refractivity contribution in [3.63, 3.8) is 0 Å². The van der Waals surface area contributed by atoms with Crippen LogP contribution in [0.5, 0.6) is 11.5 Å². The van der Waals surface area contributed by atoms with Gasteiger partial charge in [0.2, 0.25) is 6.79 Å². The first-order valence-electron chi connectivity index (χ1n) is 9.20. The number of benzene rings is 2. The van der Waals surface area contributed by atoms with Gasteiger partial charge in [-0.15, -0.1) is 0 Å². The van der Waals surface area contributed by atoms with Gasteiger partial charge in [0.1, 0.15) is 5.84 Å². The number of halogens is 1. The molecule has 2 heterocycles. The molecule has 0 saturated heterocycles. The molecule has 4 rings (SSSR count). The quantitative estimate of drug-likeness (QED) is 0.715. The summed E-state index contributed by atoms with van der Waals surface area (Å²) >= 11 is 5.95. The third kappa shape index (κ3) is 4.08. The van der Waals surface area contributed by atoms with Crippen molar-refractivity contribution in [2.24, 2.45) is 4.99 Å². The highest BCUT2D eigenvalue weighted by molar-refractivity contribution is 6.30. The minimum atomic E-state index is 0.0243. The van der Waals surface area contributed by atoms with Crippen molar-refractivity contribution < 1.29 is 14.3 Å². The largest absolute Gasteiger partial charge is 0.454 e. The fraction of sp³-hybridized carbons (Fsp3) is 0.333. The number of carbonyl (C=O) groups is 1. The maximum Gasteiger partial charge on any atom is 0.231 e. The van der Waals surface area contributed by atoms with Crippen molar-refractivity contribution in [3.8, 4) is 11.5 Å². The van der Waals surface area contributed by atoms with Gasteiger partial charge in [-0.25, -0.2) is 0 Å². The Balaban J connectivity index is 1.64. The van der Waals surface area contributed by atoms with Gasteiger partial charge in [-0.1, -0.05) is 18.0 Å². The second kappa shape index (κ2) is 8.01. The van der Waals surface area contributed by atoms with Crippen LogP contribution >= 0.6 is 11.6 Å². The van der Waals surface area contributed by atoms with Gasteiger partial charge >= 0.3 is 0 Å². The van der Waals surface area contributed by atoms with Gasteiger partial charge < -0.3 is 14.4 Å². The van der Waals surface area contributed by atoms with Gasteiger partial charge in [0.25, 0.3) is 0 Å². The standard InChI is InChI=1S/C21H21ClN2O3/c22-16-7-5-15(6-8-16)18(25)13-24(21-4-2-1-3-11-23-21)17-9-10-19-20(12-17)27-14-26-19/h5-10,12H,1-4,11,13-14H2. The molecule has 0 N–H and O–H groups in total. The van der Waals surface area contributed by atoms with Crippen molar-refractivity contribution in [2.75, 3.05) is 24.8 Å². The van der Waals surface area contributed by atoms with Crippen molar-refractivity contribution in [3.05, 3.63) is 53.1 Å². The minimum Gasteiger partial charge on any atom is -0.454 e. The van der Waals surface area contributed by atoms with Crippen molar-refractivity contribution in [1.82, 2.24) is 0 Å². The summed E-state index contributed by atoms with van der Waals surface area (Å²) in [5, 5.41) is 0.618. The molecule has 2 aliphatic rings. The fourth-order valence-corrected chi connectivity index (χ4v) is 3.46. The SMILES string of the molecule is O=C(CN(C1=NCCCCC1)c1ccc2c(c1)OCO2)c1ccc(Cl)cc1. The first kappa shape index (κ1) is 17.9. The van der Waals surface area contributed by atoms with Crippen LogP contribution < -0.4 is 14.4 Å². The molecule has 0 atom stereocenters. The van der Waals surface area contributed by atoms with E-state index in [-0.39, 0.29) is 19.1 Å². The summed E-state index contributed by atoms with van der Waals surface area (Å²) in [6.45, 7) is 1.25. The number of amidine groups is 1. The third-order valence-corrected chi connectivity index (χ3v) is 5.05. The summed E-state index contributed by atoms with van der Waals surface area (Å²) in [5.74, 6) is 2.40. The highest BCUT2D eigenvalue weighted by Crippen LogP contribution is 2.36. The summed E-state index contributed by atoms with van der Waals surface area (Å²) in [6.07, 6.45) is 4.19. The van der Waals surface area contributed by atoms with E-state index in [9.17, 15) is 4.79 Å². The number of ether oxygens (including phenoxy) is 2. The summed E-state index contributed by atoms with van der Waals surface area (Å²) < 4.78 is 10.9. The molecule has 0 aliphatic carbocycles. The Morgan fingerprint density at radius 2 is 1.85 bits per heavy atom. The lowest BCUT2D eigenvalue weighted by atomic mass is 10.1. The average Bonchev–Trinajstić information content (AvgIpc) is 2.99. The highest BCUT2D eigenvalue weighted by Gasteiger charge is 2.22. The van der Waals surface area contributed by atoms with Crippen LogP contribution in [-0.4, -0.2) is 31.5 Å². The third-order valence-electron chi connectivity index (χ3n) is 4.80. The molecule has 0 spiro atoms. The van der Waals surface area contributed by atoms with E-state index < -0.39 is 0 Å². The number of hydrogen-bond donors (Lipinski definition) is 0. The summed E-state index contributed by atoms with van der Waals surface area (Å²) in [5.41, 5.74) is 1.53. The monoisotopic (exact) mass is 384 g/mol. The van der Waals surface area contributed by atoms with Crippen LogP contribution in [0.15, 0.2) is 47.5 Å². The topological polar surface area (TPSA) is 51.1 Å². The lowest BCUT2D eigenvalue weighted by molar-refractivity contribution is 0.100.